The van der Waals surface area contributed by atoms with Crippen molar-refractivity contribution < 1.29 is 23.8 Å². The molecule has 0 aliphatic carbocycles. The second-order valence-electron chi connectivity index (χ2n) is 5.75. The molecular weight excluding hydrogens is 348 g/mol. The van der Waals surface area contributed by atoms with E-state index in [0.717, 1.165) is 11.1 Å². The lowest BCUT2D eigenvalue weighted by atomic mass is 10.1. The van der Waals surface area contributed by atoms with E-state index in [0.29, 0.717) is 17.2 Å². The third kappa shape index (κ3) is 5.91. The molecule has 2 N–H and O–H groups in total. The van der Waals surface area contributed by atoms with Gasteiger partial charge < -0.3 is 24.8 Å². The number of ether oxygens (including phenoxy) is 3. The van der Waals surface area contributed by atoms with Crippen LogP contribution in [0.4, 0.5) is 0 Å². The van der Waals surface area contributed by atoms with Gasteiger partial charge in [0.05, 0.1) is 34.3 Å². The molecule has 27 heavy (non-hydrogen) atoms. The molecule has 0 saturated heterocycles. The van der Waals surface area contributed by atoms with Crippen LogP contribution in [0, 0.1) is 0 Å². The Morgan fingerprint density at radius 1 is 0.815 bits per heavy atom. The number of amides is 2. The van der Waals surface area contributed by atoms with E-state index in [4.69, 9.17) is 14.2 Å². The van der Waals surface area contributed by atoms with Crippen molar-refractivity contribution in [3.8, 4) is 17.2 Å². The Morgan fingerprint density at radius 2 is 1.44 bits per heavy atom. The van der Waals surface area contributed by atoms with Crippen LogP contribution in [0.3, 0.4) is 0 Å². The number of hydrogen-bond donors (Lipinski definition) is 2. The lowest BCUT2D eigenvalue weighted by Gasteiger charge is -2.14. The Bertz CT molecular complexity index is 752. The topological polar surface area (TPSA) is 85.9 Å². The predicted octanol–water partition coefficient (Wildman–Crippen LogP) is 1.69. The molecule has 0 aliphatic heterocycles. The second kappa shape index (κ2) is 10.1. The number of hydrogen-bond acceptors (Lipinski definition) is 5. The molecule has 0 aliphatic rings. The molecule has 7 heteroatoms. The molecule has 7 nitrogen and oxygen atoms in total. The zero-order valence-electron chi connectivity index (χ0n) is 15.7. The van der Waals surface area contributed by atoms with E-state index in [2.05, 4.69) is 10.6 Å². The minimum atomic E-state index is -0.287. The largest absolute Gasteiger partial charge is 0.493 e. The molecular formula is C20H24N2O5. The van der Waals surface area contributed by atoms with Gasteiger partial charge >= 0.3 is 0 Å². The SMILES string of the molecule is COc1cc(CNC(=O)CNC(=O)Cc2ccccc2)cc(OC)c1OC. The van der Waals surface area contributed by atoms with Crippen molar-refractivity contribution in [2.45, 2.75) is 13.0 Å². The lowest BCUT2D eigenvalue weighted by molar-refractivity contribution is -0.125. The van der Waals surface area contributed by atoms with E-state index < -0.39 is 0 Å². The average Bonchev–Trinajstić information content (AvgIpc) is 2.70. The van der Waals surface area contributed by atoms with Gasteiger partial charge in [-0.1, -0.05) is 30.3 Å². The van der Waals surface area contributed by atoms with Crippen molar-refractivity contribution in [1.29, 1.82) is 0 Å². The Kier molecular flexibility index (Phi) is 7.49. The van der Waals surface area contributed by atoms with Crippen molar-refractivity contribution in [3.05, 3.63) is 53.6 Å². The second-order valence-corrected chi connectivity index (χ2v) is 5.75. The molecule has 0 bridgehead atoms. The summed E-state index contributed by atoms with van der Waals surface area (Å²) in [4.78, 5) is 23.9. The van der Waals surface area contributed by atoms with Crippen LogP contribution in [-0.4, -0.2) is 39.7 Å². The highest BCUT2D eigenvalue weighted by atomic mass is 16.5. The molecule has 2 aromatic rings. The van der Waals surface area contributed by atoms with E-state index in [-0.39, 0.29) is 31.3 Å². The molecule has 0 spiro atoms. The smallest absolute Gasteiger partial charge is 0.239 e. The monoisotopic (exact) mass is 372 g/mol. The number of nitrogens with one attached hydrogen (secondary N) is 2. The highest BCUT2D eigenvalue weighted by Crippen LogP contribution is 2.38. The first-order valence-corrected chi connectivity index (χ1v) is 8.43. The Hall–Kier alpha value is -3.22. The van der Waals surface area contributed by atoms with Crippen molar-refractivity contribution in [1.82, 2.24) is 10.6 Å². The van der Waals surface area contributed by atoms with Gasteiger partial charge in [-0.2, -0.15) is 0 Å². The van der Waals surface area contributed by atoms with Crippen LogP contribution >= 0.6 is 0 Å². The van der Waals surface area contributed by atoms with Crippen LogP contribution in [0.15, 0.2) is 42.5 Å². The predicted molar refractivity (Wildman–Crippen MR) is 101 cm³/mol. The highest BCUT2D eigenvalue weighted by molar-refractivity contribution is 5.85. The summed E-state index contributed by atoms with van der Waals surface area (Å²) in [6.07, 6.45) is 0.237. The Balaban J connectivity index is 1.85. The van der Waals surface area contributed by atoms with Gasteiger partial charge in [-0.25, -0.2) is 0 Å². The van der Waals surface area contributed by atoms with Crippen molar-refractivity contribution in [2.75, 3.05) is 27.9 Å². The lowest BCUT2D eigenvalue weighted by Crippen LogP contribution is -2.37. The number of benzene rings is 2. The summed E-state index contributed by atoms with van der Waals surface area (Å²) in [7, 11) is 4.59. The maximum absolute atomic E-state index is 12.0. The fraction of sp³-hybridized carbons (Fsp3) is 0.300. The van der Waals surface area contributed by atoms with E-state index in [1.165, 1.54) is 21.3 Å². The van der Waals surface area contributed by atoms with E-state index >= 15 is 0 Å². The van der Waals surface area contributed by atoms with Crippen LogP contribution < -0.4 is 24.8 Å². The van der Waals surface area contributed by atoms with E-state index in [1.807, 2.05) is 30.3 Å². The molecule has 2 aromatic carbocycles. The van der Waals surface area contributed by atoms with Gasteiger partial charge in [0, 0.05) is 6.54 Å². The quantitative estimate of drug-likeness (QED) is 0.700. The van der Waals surface area contributed by atoms with Crippen LogP contribution in [0.1, 0.15) is 11.1 Å². The first-order valence-electron chi connectivity index (χ1n) is 8.43. The third-order valence-corrected chi connectivity index (χ3v) is 3.87. The Labute approximate surface area is 158 Å². The first kappa shape index (κ1) is 20.1. The summed E-state index contributed by atoms with van der Waals surface area (Å²) in [5.41, 5.74) is 1.68. The molecule has 2 amide bonds. The zero-order chi connectivity index (χ0) is 19.6. The van der Waals surface area contributed by atoms with Crippen molar-refractivity contribution in [3.63, 3.8) is 0 Å². The summed E-state index contributed by atoms with van der Waals surface area (Å²) in [6, 6.07) is 12.9. The molecule has 144 valence electrons. The number of methoxy groups -OCH3 is 3. The fourth-order valence-electron chi connectivity index (χ4n) is 2.52. The minimum absolute atomic E-state index is 0.0872. The van der Waals surface area contributed by atoms with Crippen LogP contribution in [-0.2, 0) is 22.6 Å². The van der Waals surface area contributed by atoms with Crippen LogP contribution in [0.2, 0.25) is 0 Å². The molecule has 0 heterocycles. The number of carbonyl (C=O) groups is 2. The fourth-order valence-corrected chi connectivity index (χ4v) is 2.52. The maximum atomic E-state index is 12.0. The summed E-state index contributed by atoms with van der Waals surface area (Å²) in [5.74, 6) is 1.02. The molecule has 0 unspecified atom stereocenters. The van der Waals surface area contributed by atoms with E-state index in [1.54, 1.807) is 12.1 Å². The standard InChI is InChI=1S/C20H24N2O5/c1-25-16-9-15(10-17(26-2)20(16)27-3)12-21-19(24)13-22-18(23)11-14-7-5-4-6-8-14/h4-10H,11-13H2,1-3H3,(H,21,24)(H,22,23). The zero-order valence-corrected chi connectivity index (χ0v) is 15.7. The van der Waals surface area contributed by atoms with Gasteiger partial charge in [0.2, 0.25) is 17.6 Å². The van der Waals surface area contributed by atoms with Gasteiger partial charge in [-0.15, -0.1) is 0 Å². The maximum Gasteiger partial charge on any atom is 0.239 e. The van der Waals surface area contributed by atoms with Gasteiger partial charge in [0.25, 0.3) is 0 Å². The van der Waals surface area contributed by atoms with Crippen LogP contribution in [0.25, 0.3) is 0 Å². The molecule has 0 fully saturated rings. The minimum Gasteiger partial charge on any atom is -0.493 e. The number of rotatable bonds is 9. The van der Waals surface area contributed by atoms with E-state index in [9.17, 15) is 9.59 Å². The summed E-state index contributed by atoms with van der Waals surface area (Å²) < 4.78 is 15.8. The van der Waals surface area contributed by atoms with Gasteiger partial charge in [0.1, 0.15) is 0 Å². The van der Waals surface area contributed by atoms with Gasteiger partial charge in [-0.05, 0) is 23.3 Å². The first-order chi connectivity index (χ1) is 13.1. The van der Waals surface area contributed by atoms with Crippen molar-refractivity contribution in [2.24, 2.45) is 0 Å². The molecule has 0 aromatic heterocycles. The molecule has 0 atom stereocenters. The van der Waals surface area contributed by atoms with Gasteiger partial charge in [-0.3, -0.25) is 9.59 Å². The molecule has 2 rings (SSSR count). The Morgan fingerprint density at radius 3 is 2.00 bits per heavy atom. The molecule has 0 saturated carbocycles. The normalized spacial score (nSPS) is 10.0. The third-order valence-electron chi connectivity index (χ3n) is 3.87. The average molecular weight is 372 g/mol. The number of carbonyl (C=O) groups excluding carboxylic acids is 2. The summed E-state index contributed by atoms with van der Waals surface area (Å²) in [5, 5.41) is 5.36. The highest BCUT2D eigenvalue weighted by Gasteiger charge is 2.14. The summed E-state index contributed by atoms with van der Waals surface area (Å²) in [6.45, 7) is 0.181. The van der Waals surface area contributed by atoms with Gasteiger partial charge in [0.15, 0.2) is 11.5 Å². The van der Waals surface area contributed by atoms with Crippen molar-refractivity contribution >= 4 is 11.8 Å². The summed E-state index contributed by atoms with van der Waals surface area (Å²) >= 11 is 0. The van der Waals surface area contributed by atoms with Crippen LogP contribution in [0.5, 0.6) is 17.2 Å². The molecule has 0 radical (unpaired) electrons.